The molecule has 1 atom stereocenters. The summed E-state index contributed by atoms with van der Waals surface area (Å²) in [4.78, 5) is 38.1. The van der Waals surface area contributed by atoms with Crippen molar-refractivity contribution < 1.29 is 23.5 Å². The second kappa shape index (κ2) is 6.48. The highest BCUT2D eigenvalue weighted by Gasteiger charge is 2.36. The van der Waals surface area contributed by atoms with E-state index in [2.05, 4.69) is 5.32 Å². The summed E-state index contributed by atoms with van der Waals surface area (Å²) >= 11 is 1.29. The van der Waals surface area contributed by atoms with Crippen LogP contribution in [0.25, 0.3) is 0 Å². The van der Waals surface area contributed by atoms with Gasteiger partial charge in [-0.2, -0.15) is 0 Å². The van der Waals surface area contributed by atoms with E-state index in [1.54, 1.807) is 24.4 Å². The van der Waals surface area contributed by atoms with Crippen LogP contribution in [0, 0.1) is 6.92 Å². The lowest BCUT2D eigenvalue weighted by atomic mass is 10.2. The van der Waals surface area contributed by atoms with Crippen molar-refractivity contribution in [2.75, 3.05) is 18.6 Å². The summed E-state index contributed by atoms with van der Waals surface area (Å²) in [5.41, 5.74) is 0.765. The van der Waals surface area contributed by atoms with E-state index in [-0.39, 0.29) is 11.8 Å². The summed E-state index contributed by atoms with van der Waals surface area (Å²) in [5, 5.41) is 5.00. The fourth-order valence-corrected chi connectivity index (χ4v) is 3.57. The molecule has 2 aromatic rings. The number of hydrogen-bond donors (Lipinski definition) is 1. The summed E-state index contributed by atoms with van der Waals surface area (Å²) in [5.74, 6) is -0.570. The molecule has 2 aromatic heterocycles. The van der Waals surface area contributed by atoms with Crippen molar-refractivity contribution in [3.05, 3.63) is 40.7 Å². The Morgan fingerprint density at radius 1 is 1.38 bits per heavy atom. The number of hydrogen-bond acceptors (Lipinski definition) is 6. The van der Waals surface area contributed by atoms with Crippen LogP contribution < -0.4 is 10.2 Å². The first kappa shape index (κ1) is 16.3. The number of rotatable bonds is 4. The smallest absolute Gasteiger partial charge is 0.340 e. The molecule has 1 fully saturated rings. The maximum absolute atomic E-state index is 12.6. The molecule has 0 aliphatic carbocycles. The van der Waals surface area contributed by atoms with Gasteiger partial charge in [0, 0.05) is 6.54 Å². The SMILES string of the molecule is COC(=O)c1ccsc1N1CC[C@@H](NC(=O)c2ccoc2C)C1=O. The zero-order valence-corrected chi connectivity index (χ0v) is 14.0. The quantitative estimate of drug-likeness (QED) is 0.854. The van der Waals surface area contributed by atoms with Gasteiger partial charge in [-0.1, -0.05) is 0 Å². The fourth-order valence-electron chi connectivity index (χ4n) is 2.65. The third-order valence-corrected chi connectivity index (χ3v) is 4.85. The minimum atomic E-state index is -0.626. The predicted molar refractivity (Wildman–Crippen MR) is 87.3 cm³/mol. The Hall–Kier alpha value is -2.61. The van der Waals surface area contributed by atoms with E-state index >= 15 is 0 Å². The molecule has 1 saturated heterocycles. The number of aryl methyl sites for hydroxylation is 1. The minimum absolute atomic E-state index is 0.239. The van der Waals surface area contributed by atoms with Gasteiger partial charge in [0.1, 0.15) is 16.8 Å². The van der Waals surface area contributed by atoms with Crippen LogP contribution in [-0.4, -0.2) is 37.5 Å². The van der Waals surface area contributed by atoms with Gasteiger partial charge in [0.05, 0.1) is 24.5 Å². The van der Waals surface area contributed by atoms with Gasteiger partial charge in [0.2, 0.25) is 5.91 Å². The second-order valence-electron chi connectivity index (χ2n) is 5.33. The third kappa shape index (κ3) is 2.80. The average Bonchev–Trinajstić information content (AvgIpc) is 3.28. The molecule has 2 amide bonds. The van der Waals surface area contributed by atoms with Crippen molar-refractivity contribution in [2.45, 2.75) is 19.4 Å². The number of anilines is 1. The van der Waals surface area contributed by atoms with Crippen molar-refractivity contribution in [1.82, 2.24) is 5.32 Å². The van der Waals surface area contributed by atoms with E-state index in [0.717, 1.165) is 0 Å². The molecule has 0 aromatic carbocycles. The van der Waals surface area contributed by atoms with Crippen LogP contribution in [-0.2, 0) is 9.53 Å². The number of esters is 1. The summed E-state index contributed by atoms with van der Waals surface area (Å²) < 4.78 is 9.84. The maximum atomic E-state index is 12.6. The number of carbonyl (C=O) groups is 3. The molecular weight excluding hydrogens is 332 g/mol. The molecule has 1 aliphatic rings. The summed E-state index contributed by atoms with van der Waals surface area (Å²) in [6, 6.07) is 2.57. The highest BCUT2D eigenvalue weighted by molar-refractivity contribution is 7.14. The number of furan rings is 1. The summed E-state index contributed by atoms with van der Waals surface area (Å²) in [6.45, 7) is 2.12. The van der Waals surface area contributed by atoms with Gasteiger partial charge in [-0.05, 0) is 30.9 Å². The Balaban J connectivity index is 1.74. The highest BCUT2D eigenvalue weighted by Crippen LogP contribution is 2.31. The van der Waals surface area contributed by atoms with Crippen molar-refractivity contribution in [1.29, 1.82) is 0 Å². The topological polar surface area (TPSA) is 88.8 Å². The molecule has 0 bridgehead atoms. The Morgan fingerprint density at radius 2 is 2.17 bits per heavy atom. The Labute approximate surface area is 142 Å². The molecule has 7 nitrogen and oxygen atoms in total. The monoisotopic (exact) mass is 348 g/mol. The third-order valence-electron chi connectivity index (χ3n) is 3.91. The molecule has 0 spiro atoms. The van der Waals surface area contributed by atoms with E-state index in [0.29, 0.717) is 34.9 Å². The number of nitrogens with one attached hydrogen (secondary N) is 1. The van der Waals surface area contributed by atoms with Gasteiger partial charge in [-0.3, -0.25) is 9.59 Å². The van der Waals surface area contributed by atoms with E-state index < -0.39 is 12.0 Å². The van der Waals surface area contributed by atoms with Crippen LogP contribution in [0.3, 0.4) is 0 Å². The molecule has 0 unspecified atom stereocenters. The standard InChI is InChI=1S/C16H16N2O5S/c1-9-10(4-7-23-9)13(19)17-12-3-6-18(14(12)20)15-11(5-8-24-15)16(21)22-2/h4-5,7-8,12H,3,6H2,1-2H3,(H,17,19)/t12-/m1/s1. The summed E-state index contributed by atoms with van der Waals surface area (Å²) in [6.07, 6.45) is 1.90. The number of ether oxygens (including phenoxy) is 1. The maximum Gasteiger partial charge on any atom is 0.340 e. The van der Waals surface area contributed by atoms with Crippen LogP contribution in [0.2, 0.25) is 0 Å². The lowest BCUT2D eigenvalue weighted by Gasteiger charge is -2.16. The summed E-state index contributed by atoms with van der Waals surface area (Å²) in [7, 11) is 1.30. The van der Waals surface area contributed by atoms with Crippen LogP contribution in [0.4, 0.5) is 5.00 Å². The molecule has 8 heteroatoms. The Kier molecular flexibility index (Phi) is 4.39. The van der Waals surface area contributed by atoms with Crippen molar-refractivity contribution in [3.63, 3.8) is 0 Å². The second-order valence-corrected chi connectivity index (χ2v) is 6.22. The largest absolute Gasteiger partial charge is 0.469 e. The van der Waals surface area contributed by atoms with Crippen molar-refractivity contribution >= 4 is 34.1 Å². The van der Waals surface area contributed by atoms with Gasteiger partial charge < -0.3 is 19.4 Å². The fraction of sp³-hybridized carbons (Fsp3) is 0.312. The van der Waals surface area contributed by atoms with E-state index in [4.69, 9.17) is 9.15 Å². The van der Waals surface area contributed by atoms with E-state index in [1.165, 1.54) is 29.6 Å². The van der Waals surface area contributed by atoms with Gasteiger partial charge in [-0.25, -0.2) is 4.79 Å². The Bertz CT molecular complexity index is 794. The molecule has 3 rings (SSSR count). The lowest BCUT2D eigenvalue weighted by molar-refractivity contribution is -0.118. The first-order valence-corrected chi connectivity index (χ1v) is 8.23. The number of carbonyl (C=O) groups excluding carboxylic acids is 3. The zero-order chi connectivity index (χ0) is 17.3. The van der Waals surface area contributed by atoms with Crippen LogP contribution in [0.5, 0.6) is 0 Å². The minimum Gasteiger partial charge on any atom is -0.469 e. The first-order chi connectivity index (χ1) is 11.5. The molecule has 3 heterocycles. The average molecular weight is 348 g/mol. The van der Waals surface area contributed by atoms with Gasteiger partial charge in [0.25, 0.3) is 5.91 Å². The molecule has 1 aliphatic heterocycles. The number of amides is 2. The molecule has 24 heavy (non-hydrogen) atoms. The van der Waals surface area contributed by atoms with Gasteiger partial charge in [0.15, 0.2) is 0 Å². The van der Waals surface area contributed by atoms with Crippen LogP contribution >= 0.6 is 11.3 Å². The highest BCUT2D eigenvalue weighted by atomic mass is 32.1. The van der Waals surface area contributed by atoms with Crippen molar-refractivity contribution in [3.8, 4) is 0 Å². The van der Waals surface area contributed by atoms with Gasteiger partial charge in [-0.15, -0.1) is 11.3 Å². The number of thiophene rings is 1. The van der Waals surface area contributed by atoms with E-state index in [9.17, 15) is 14.4 Å². The number of nitrogens with zero attached hydrogens (tertiary/aromatic N) is 1. The predicted octanol–water partition coefficient (Wildman–Crippen LogP) is 1.97. The molecule has 1 N–H and O–H groups in total. The normalized spacial score (nSPS) is 17.2. The first-order valence-electron chi connectivity index (χ1n) is 7.35. The number of methoxy groups -OCH3 is 1. The Morgan fingerprint density at radius 3 is 2.83 bits per heavy atom. The van der Waals surface area contributed by atoms with Crippen LogP contribution in [0.15, 0.2) is 28.2 Å². The molecule has 126 valence electrons. The molecular formula is C16H16N2O5S. The van der Waals surface area contributed by atoms with Crippen LogP contribution in [0.1, 0.15) is 32.9 Å². The molecule has 0 radical (unpaired) electrons. The van der Waals surface area contributed by atoms with Gasteiger partial charge >= 0.3 is 5.97 Å². The lowest BCUT2D eigenvalue weighted by Crippen LogP contribution is -2.41. The molecule has 0 saturated carbocycles. The zero-order valence-electron chi connectivity index (χ0n) is 13.2. The van der Waals surface area contributed by atoms with E-state index in [1.807, 2.05) is 0 Å². The van der Waals surface area contributed by atoms with Crippen molar-refractivity contribution in [2.24, 2.45) is 0 Å².